The number of hydrogen-bond donors (Lipinski definition) is 0. The number of ether oxygens (including phenoxy) is 1. The molecule has 2 aromatic rings. The average molecular weight is 255 g/mol. The number of nitrogens with zero attached hydrogens (tertiary/aromatic N) is 1. The average Bonchev–Trinajstić information content (AvgIpc) is 2.74. The molecule has 5 heteroatoms. The summed E-state index contributed by atoms with van der Waals surface area (Å²) in [5, 5.41) is 10.6. The lowest BCUT2D eigenvalue weighted by atomic mass is 9.92. The standard InChI is InChI=1S/C14H9NO4/c16-14-13(11-3-1-2-4-12(11)19-14)9-5-7-10(8-6-9)15(17)18/h1-8,13H. The summed E-state index contributed by atoms with van der Waals surface area (Å²) in [6.45, 7) is 0. The molecule has 0 radical (unpaired) electrons. The second kappa shape index (κ2) is 4.20. The Labute approximate surface area is 108 Å². The monoisotopic (exact) mass is 255 g/mol. The smallest absolute Gasteiger partial charge is 0.323 e. The molecule has 3 rings (SSSR count). The van der Waals surface area contributed by atoms with Gasteiger partial charge in [0.05, 0.1) is 4.92 Å². The Hall–Kier alpha value is -2.69. The zero-order valence-corrected chi connectivity index (χ0v) is 9.78. The topological polar surface area (TPSA) is 69.4 Å². The first-order chi connectivity index (χ1) is 9.16. The number of hydrogen-bond acceptors (Lipinski definition) is 4. The molecular formula is C14H9NO4. The van der Waals surface area contributed by atoms with Gasteiger partial charge < -0.3 is 4.74 Å². The van der Waals surface area contributed by atoms with Gasteiger partial charge in [0.25, 0.3) is 5.69 Å². The Morgan fingerprint density at radius 3 is 2.42 bits per heavy atom. The number of carbonyl (C=O) groups excluding carboxylic acids is 1. The van der Waals surface area contributed by atoms with Crippen molar-refractivity contribution >= 4 is 11.7 Å². The summed E-state index contributed by atoms with van der Waals surface area (Å²) in [4.78, 5) is 22.0. The number of fused-ring (bicyclic) bond motifs is 1. The van der Waals surface area contributed by atoms with Gasteiger partial charge in [0.15, 0.2) is 0 Å². The molecule has 19 heavy (non-hydrogen) atoms. The van der Waals surface area contributed by atoms with Crippen molar-refractivity contribution in [2.24, 2.45) is 0 Å². The van der Waals surface area contributed by atoms with E-state index in [2.05, 4.69) is 0 Å². The van der Waals surface area contributed by atoms with Crippen LogP contribution in [0.15, 0.2) is 48.5 Å². The van der Waals surface area contributed by atoms with Gasteiger partial charge in [0.2, 0.25) is 0 Å². The van der Waals surface area contributed by atoms with Gasteiger partial charge in [-0.05, 0) is 11.6 Å². The van der Waals surface area contributed by atoms with Gasteiger partial charge in [-0.15, -0.1) is 0 Å². The van der Waals surface area contributed by atoms with Crippen LogP contribution in [0.4, 0.5) is 5.69 Å². The maximum Gasteiger partial charge on any atom is 0.323 e. The lowest BCUT2D eigenvalue weighted by Gasteiger charge is -2.06. The lowest BCUT2D eigenvalue weighted by molar-refractivity contribution is -0.384. The van der Waals surface area contributed by atoms with E-state index in [1.54, 1.807) is 24.3 Å². The van der Waals surface area contributed by atoms with Crippen molar-refractivity contribution in [1.29, 1.82) is 0 Å². The predicted octanol–water partition coefficient (Wildman–Crippen LogP) is 2.65. The van der Waals surface area contributed by atoms with Crippen LogP contribution in [0.25, 0.3) is 0 Å². The first-order valence-corrected chi connectivity index (χ1v) is 5.72. The van der Waals surface area contributed by atoms with Gasteiger partial charge >= 0.3 is 5.97 Å². The molecule has 0 saturated heterocycles. The molecule has 0 fully saturated rings. The molecule has 0 amide bonds. The zero-order chi connectivity index (χ0) is 13.4. The molecule has 0 aromatic heterocycles. The van der Waals surface area contributed by atoms with E-state index in [-0.39, 0.29) is 11.7 Å². The van der Waals surface area contributed by atoms with E-state index in [1.807, 2.05) is 12.1 Å². The first kappa shape index (κ1) is 11.4. The molecule has 1 heterocycles. The minimum Gasteiger partial charge on any atom is -0.425 e. The third-order valence-corrected chi connectivity index (χ3v) is 3.11. The highest BCUT2D eigenvalue weighted by atomic mass is 16.6. The van der Waals surface area contributed by atoms with Crippen LogP contribution in [0.5, 0.6) is 5.75 Å². The molecule has 1 unspecified atom stereocenters. The zero-order valence-electron chi connectivity index (χ0n) is 9.78. The molecule has 94 valence electrons. The van der Waals surface area contributed by atoms with E-state index < -0.39 is 10.8 Å². The summed E-state index contributed by atoms with van der Waals surface area (Å²) in [5.41, 5.74) is 1.49. The molecule has 0 spiro atoms. The second-order valence-corrected chi connectivity index (χ2v) is 4.24. The first-order valence-electron chi connectivity index (χ1n) is 5.72. The minimum atomic E-state index is -0.503. The van der Waals surface area contributed by atoms with Crippen molar-refractivity contribution in [2.75, 3.05) is 0 Å². The minimum absolute atomic E-state index is 0.00315. The van der Waals surface area contributed by atoms with E-state index in [1.165, 1.54) is 12.1 Å². The highest BCUT2D eigenvalue weighted by molar-refractivity contribution is 5.89. The lowest BCUT2D eigenvalue weighted by Crippen LogP contribution is -2.11. The van der Waals surface area contributed by atoms with Crippen molar-refractivity contribution in [2.45, 2.75) is 5.92 Å². The van der Waals surface area contributed by atoms with Crippen molar-refractivity contribution in [3.8, 4) is 5.75 Å². The number of benzene rings is 2. The number of carbonyl (C=O) groups is 1. The van der Waals surface area contributed by atoms with E-state index in [4.69, 9.17) is 4.74 Å². The van der Waals surface area contributed by atoms with Crippen LogP contribution in [0.1, 0.15) is 17.0 Å². The highest BCUT2D eigenvalue weighted by Gasteiger charge is 2.34. The van der Waals surface area contributed by atoms with Gasteiger partial charge in [0.1, 0.15) is 11.7 Å². The summed E-state index contributed by atoms with van der Waals surface area (Å²) in [5.74, 6) is -0.303. The second-order valence-electron chi connectivity index (χ2n) is 4.24. The summed E-state index contributed by atoms with van der Waals surface area (Å²) in [6, 6.07) is 13.2. The van der Waals surface area contributed by atoms with Gasteiger partial charge in [0, 0.05) is 17.7 Å². The van der Waals surface area contributed by atoms with Gasteiger partial charge in [-0.1, -0.05) is 30.3 Å². The van der Waals surface area contributed by atoms with Crippen molar-refractivity contribution in [3.63, 3.8) is 0 Å². The quantitative estimate of drug-likeness (QED) is 0.358. The van der Waals surface area contributed by atoms with Crippen LogP contribution in [0, 0.1) is 10.1 Å². The number of nitro groups is 1. The molecule has 0 aliphatic carbocycles. The van der Waals surface area contributed by atoms with E-state index >= 15 is 0 Å². The van der Waals surface area contributed by atoms with Crippen LogP contribution < -0.4 is 4.74 Å². The number of nitro benzene ring substituents is 1. The molecule has 1 aliphatic heterocycles. The fourth-order valence-corrected chi connectivity index (χ4v) is 2.21. The Bertz CT molecular complexity index is 663. The van der Waals surface area contributed by atoms with Crippen LogP contribution in [0.2, 0.25) is 0 Å². The molecule has 1 atom stereocenters. The Morgan fingerprint density at radius 1 is 1.05 bits per heavy atom. The highest BCUT2D eigenvalue weighted by Crippen LogP contribution is 2.39. The third kappa shape index (κ3) is 1.85. The maximum atomic E-state index is 11.9. The Morgan fingerprint density at radius 2 is 1.74 bits per heavy atom. The normalized spacial score (nSPS) is 16.8. The van der Waals surface area contributed by atoms with Crippen LogP contribution in [0.3, 0.4) is 0 Å². The third-order valence-electron chi connectivity index (χ3n) is 3.11. The van der Waals surface area contributed by atoms with E-state index in [0.717, 1.165) is 5.56 Å². The van der Waals surface area contributed by atoms with Gasteiger partial charge in [-0.2, -0.15) is 0 Å². The molecule has 0 bridgehead atoms. The fraction of sp³-hybridized carbons (Fsp3) is 0.0714. The van der Waals surface area contributed by atoms with Crippen LogP contribution >= 0.6 is 0 Å². The van der Waals surface area contributed by atoms with Crippen LogP contribution in [-0.4, -0.2) is 10.9 Å². The van der Waals surface area contributed by atoms with E-state index in [9.17, 15) is 14.9 Å². The molecule has 1 aliphatic rings. The van der Waals surface area contributed by atoms with Crippen LogP contribution in [-0.2, 0) is 4.79 Å². The van der Waals surface area contributed by atoms with Crippen molar-refractivity contribution in [3.05, 3.63) is 69.8 Å². The van der Waals surface area contributed by atoms with Crippen molar-refractivity contribution in [1.82, 2.24) is 0 Å². The Kier molecular flexibility index (Phi) is 2.52. The van der Waals surface area contributed by atoms with E-state index in [0.29, 0.717) is 11.3 Å². The number of non-ortho nitro benzene ring substituents is 1. The van der Waals surface area contributed by atoms with Gasteiger partial charge in [-0.3, -0.25) is 14.9 Å². The molecule has 5 nitrogen and oxygen atoms in total. The summed E-state index contributed by atoms with van der Waals surface area (Å²) < 4.78 is 5.18. The summed E-state index contributed by atoms with van der Waals surface area (Å²) >= 11 is 0. The predicted molar refractivity (Wildman–Crippen MR) is 67.0 cm³/mol. The number of rotatable bonds is 2. The van der Waals surface area contributed by atoms with Gasteiger partial charge in [-0.25, -0.2) is 0 Å². The summed E-state index contributed by atoms with van der Waals surface area (Å²) in [6.07, 6.45) is 0. The number of para-hydroxylation sites is 1. The fourth-order valence-electron chi connectivity index (χ4n) is 2.21. The molecule has 2 aromatic carbocycles. The summed E-state index contributed by atoms with van der Waals surface area (Å²) in [7, 11) is 0. The molecular weight excluding hydrogens is 246 g/mol. The maximum absolute atomic E-state index is 11.9. The largest absolute Gasteiger partial charge is 0.425 e. The SMILES string of the molecule is O=C1Oc2ccccc2C1c1ccc([N+](=O)[O-])cc1. The Balaban J connectivity index is 2.02. The number of esters is 1. The van der Waals surface area contributed by atoms with Crippen molar-refractivity contribution < 1.29 is 14.5 Å². The molecule has 0 N–H and O–H groups in total. The molecule has 0 saturated carbocycles.